The zero-order valence-corrected chi connectivity index (χ0v) is 21.8. The van der Waals surface area contributed by atoms with Crippen LogP contribution in [0, 0.1) is 23.1 Å². The van der Waals surface area contributed by atoms with Crippen molar-refractivity contribution in [1.82, 2.24) is 4.90 Å². The van der Waals surface area contributed by atoms with Crippen LogP contribution < -0.4 is 10.2 Å². The van der Waals surface area contributed by atoms with Crippen molar-refractivity contribution in [2.24, 2.45) is 5.92 Å². The summed E-state index contributed by atoms with van der Waals surface area (Å²) < 4.78 is 13.6. The van der Waals surface area contributed by atoms with Crippen molar-refractivity contribution < 1.29 is 9.18 Å². The van der Waals surface area contributed by atoms with Gasteiger partial charge < -0.3 is 10.2 Å². The molecule has 0 aromatic heterocycles. The number of anilines is 2. The van der Waals surface area contributed by atoms with E-state index in [9.17, 15) is 14.4 Å². The minimum absolute atomic E-state index is 0.0351. The van der Waals surface area contributed by atoms with E-state index in [0.717, 1.165) is 55.7 Å². The molecule has 1 heterocycles. The molecule has 0 aliphatic carbocycles. The molecule has 5 nitrogen and oxygen atoms in total. The normalized spacial score (nSPS) is 14.2. The first kappa shape index (κ1) is 26.7. The lowest BCUT2D eigenvalue weighted by Crippen LogP contribution is -2.38. The van der Waals surface area contributed by atoms with E-state index in [1.807, 2.05) is 42.5 Å². The smallest absolute Gasteiger partial charge is 0.307 e. The summed E-state index contributed by atoms with van der Waals surface area (Å²) in [4.78, 5) is 17.6. The Labute approximate surface area is 223 Å². The van der Waals surface area contributed by atoms with Gasteiger partial charge in [-0.2, -0.15) is 5.26 Å². The molecular formula is C30H32ClFN4O. The van der Waals surface area contributed by atoms with Crippen molar-refractivity contribution in [2.45, 2.75) is 32.6 Å². The van der Waals surface area contributed by atoms with Gasteiger partial charge in [0.1, 0.15) is 5.82 Å². The maximum atomic E-state index is 13.6. The van der Waals surface area contributed by atoms with Crippen LogP contribution in [0.15, 0.2) is 66.7 Å². The van der Waals surface area contributed by atoms with Crippen molar-refractivity contribution in [2.75, 3.05) is 36.4 Å². The maximum absolute atomic E-state index is 13.6. The van der Waals surface area contributed by atoms with Crippen molar-refractivity contribution >= 4 is 29.0 Å². The molecule has 0 radical (unpaired) electrons. The van der Waals surface area contributed by atoms with Gasteiger partial charge in [-0.3, -0.25) is 4.90 Å². The molecule has 1 N–H and O–H groups in total. The minimum Gasteiger partial charge on any atom is -0.307 e. The van der Waals surface area contributed by atoms with Crippen LogP contribution in [0.5, 0.6) is 0 Å². The van der Waals surface area contributed by atoms with E-state index >= 15 is 0 Å². The number of halogens is 2. The number of likely N-dealkylation sites (tertiary alicyclic amines) is 1. The van der Waals surface area contributed by atoms with Gasteiger partial charge >= 0.3 is 6.03 Å². The highest BCUT2D eigenvalue weighted by Crippen LogP contribution is 2.27. The van der Waals surface area contributed by atoms with E-state index in [-0.39, 0.29) is 11.1 Å². The molecule has 0 saturated carbocycles. The molecule has 7 heteroatoms. The second-order valence-corrected chi connectivity index (χ2v) is 9.93. The molecule has 3 aromatic rings. The standard InChI is InChI=1S/C30H32ClFN4O/c1-2-15-35-16-12-22(13-17-35)14-18-36(30(37)34-26-8-11-29(32)28(31)20-26)27-9-6-24(7-10-27)25-5-3-4-23(19-25)21-33/h3-11,19-20,22H,2,12-18H2,1H3,(H,34,37). The van der Waals surface area contributed by atoms with Crippen molar-refractivity contribution in [3.8, 4) is 17.2 Å². The highest BCUT2D eigenvalue weighted by molar-refractivity contribution is 6.31. The average Bonchev–Trinajstić information content (AvgIpc) is 2.92. The first-order valence-corrected chi connectivity index (χ1v) is 13.2. The Morgan fingerprint density at radius 1 is 1.11 bits per heavy atom. The van der Waals surface area contributed by atoms with E-state index in [2.05, 4.69) is 23.2 Å². The minimum atomic E-state index is -0.526. The number of rotatable bonds is 8. The zero-order chi connectivity index (χ0) is 26.2. The van der Waals surface area contributed by atoms with Crippen LogP contribution >= 0.6 is 11.6 Å². The number of hydrogen-bond donors (Lipinski definition) is 1. The molecule has 1 aliphatic heterocycles. The summed E-state index contributed by atoms with van der Waals surface area (Å²) in [7, 11) is 0. The largest absolute Gasteiger partial charge is 0.326 e. The van der Waals surface area contributed by atoms with Gasteiger partial charge in [0, 0.05) is 17.9 Å². The van der Waals surface area contributed by atoms with E-state index < -0.39 is 5.82 Å². The number of carbonyl (C=O) groups is 1. The molecule has 1 aliphatic rings. The van der Waals surface area contributed by atoms with Crippen molar-refractivity contribution in [3.05, 3.63) is 83.1 Å². The van der Waals surface area contributed by atoms with Gasteiger partial charge in [-0.05, 0) is 105 Å². The van der Waals surface area contributed by atoms with E-state index in [4.69, 9.17) is 11.6 Å². The second-order valence-electron chi connectivity index (χ2n) is 9.52. The van der Waals surface area contributed by atoms with Crippen LogP contribution in [-0.4, -0.2) is 37.1 Å². The predicted molar refractivity (Wildman–Crippen MR) is 148 cm³/mol. The Bertz CT molecular complexity index is 1250. The summed E-state index contributed by atoms with van der Waals surface area (Å²) in [6, 6.07) is 21.3. The molecule has 192 valence electrons. The van der Waals surface area contributed by atoms with Crippen LogP contribution in [0.25, 0.3) is 11.1 Å². The topological polar surface area (TPSA) is 59.4 Å². The highest BCUT2D eigenvalue weighted by atomic mass is 35.5. The number of carbonyl (C=O) groups excluding carboxylic acids is 1. The summed E-state index contributed by atoms with van der Waals surface area (Å²) in [6.07, 6.45) is 4.35. The quantitative estimate of drug-likeness (QED) is 0.334. The number of piperidine rings is 1. The van der Waals surface area contributed by atoms with E-state index in [0.29, 0.717) is 23.7 Å². The number of benzene rings is 3. The van der Waals surface area contributed by atoms with Gasteiger partial charge in [-0.25, -0.2) is 9.18 Å². The number of urea groups is 1. The van der Waals surface area contributed by atoms with Crippen LogP contribution in [0.1, 0.15) is 38.2 Å². The maximum Gasteiger partial charge on any atom is 0.326 e. The highest BCUT2D eigenvalue weighted by Gasteiger charge is 2.22. The zero-order valence-electron chi connectivity index (χ0n) is 21.1. The summed E-state index contributed by atoms with van der Waals surface area (Å²) in [5, 5.41) is 12.1. The van der Waals surface area contributed by atoms with Gasteiger partial charge in [0.05, 0.1) is 16.7 Å². The van der Waals surface area contributed by atoms with Crippen LogP contribution in [0.2, 0.25) is 5.02 Å². The van der Waals surface area contributed by atoms with Crippen LogP contribution in [-0.2, 0) is 0 Å². The Balaban J connectivity index is 1.51. The van der Waals surface area contributed by atoms with Crippen molar-refractivity contribution in [1.29, 1.82) is 5.26 Å². The lowest BCUT2D eigenvalue weighted by molar-refractivity contribution is 0.180. The van der Waals surface area contributed by atoms with Crippen LogP contribution in [0.3, 0.4) is 0 Å². The Morgan fingerprint density at radius 2 is 1.86 bits per heavy atom. The van der Waals surface area contributed by atoms with Gasteiger partial charge in [-0.15, -0.1) is 0 Å². The monoisotopic (exact) mass is 518 g/mol. The molecule has 3 aromatic carbocycles. The molecular weight excluding hydrogens is 487 g/mol. The number of amides is 2. The summed E-state index contributed by atoms with van der Waals surface area (Å²) in [6.45, 7) is 6.14. The first-order chi connectivity index (χ1) is 18.0. The van der Waals surface area contributed by atoms with Crippen LogP contribution in [0.4, 0.5) is 20.6 Å². The lowest BCUT2D eigenvalue weighted by Gasteiger charge is -2.33. The fourth-order valence-electron chi connectivity index (χ4n) is 4.84. The number of nitrogens with zero attached hydrogens (tertiary/aromatic N) is 3. The lowest BCUT2D eigenvalue weighted by atomic mass is 9.93. The third-order valence-electron chi connectivity index (χ3n) is 6.93. The molecule has 0 unspecified atom stereocenters. The Kier molecular flexibility index (Phi) is 9.16. The average molecular weight is 519 g/mol. The third kappa shape index (κ3) is 7.09. The molecule has 2 amide bonds. The summed E-state index contributed by atoms with van der Waals surface area (Å²) >= 11 is 5.92. The summed E-state index contributed by atoms with van der Waals surface area (Å²) in [5.41, 5.74) is 3.73. The molecule has 1 fully saturated rings. The van der Waals surface area contributed by atoms with Crippen molar-refractivity contribution in [3.63, 3.8) is 0 Å². The molecule has 37 heavy (non-hydrogen) atoms. The summed E-state index contributed by atoms with van der Waals surface area (Å²) in [5.74, 6) is 0.0404. The Hall–Kier alpha value is -3.40. The van der Waals surface area contributed by atoms with Gasteiger partial charge in [-0.1, -0.05) is 42.8 Å². The molecule has 4 rings (SSSR count). The second kappa shape index (κ2) is 12.7. The fourth-order valence-corrected chi connectivity index (χ4v) is 5.02. The fraction of sp³-hybridized carbons (Fsp3) is 0.333. The molecule has 1 saturated heterocycles. The number of nitriles is 1. The molecule has 0 atom stereocenters. The number of hydrogen-bond acceptors (Lipinski definition) is 3. The predicted octanol–water partition coefficient (Wildman–Crippen LogP) is 7.57. The SMILES string of the molecule is CCCN1CCC(CCN(C(=O)Nc2ccc(F)c(Cl)c2)c2ccc(-c3cccc(C#N)c3)cc2)CC1. The molecule has 0 bridgehead atoms. The third-order valence-corrected chi connectivity index (χ3v) is 7.22. The van der Waals surface area contributed by atoms with Gasteiger partial charge in [0.25, 0.3) is 0 Å². The first-order valence-electron chi connectivity index (χ1n) is 12.8. The van der Waals surface area contributed by atoms with E-state index in [1.165, 1.54) is 24.6 Å². The Morgan fingerprint density at radius 3 is 2.54 bits per heavy atom. The van der Waals surface area contributed by atoms with Gasteiger partial charge in [0.15, 0.2) is 0 Å². The van der Waals surface area contributed by atoms with E-state index in [1.54, 1.807) is 11.0 Å². The van der Waals surface area contributed by atoms with Gasteiger partial charge in [0.2, 0.25) is 0 Å². The number of nitrogens with one attached hydrogen (secondary N) is 1. The molecule has 0 spiro atoms.